The SMILES string of the molecule is Cc1ccc(S(=O)/C=C\C(=O)O)cc1. The van der Waals surface area contributed by atoms with E-state index in [4.69, 9.17) is 5.11 Å². The summed E-state index contributed by atoms with van der Waals surface area (Å²) >= 11 is 0. The third-order valence-electron chi connectivity index (χ3n) is 1.59. The van der Waals surface area contributed by atoms with E-state index in [9.17, 15) is 9.00 Å². The van der Waals surface area contributed by atoms with Gasteiger partial charge in [0.2, 0.25) is 0 Å². The van der Waals surface area contributed by atoms with Gasteiger partial charge in [-0.15, -0.1) is 0 Å². The Balaban J connectivity index is 2.80. The van der Waals surface area contributed by atoms with Gasteiger partial charge in [0.15, 0.2) is 0 Å². The van der Waals surface area contributed by atoms with Gasteiger partial charge in [0.05, 0.1) is 10.8 Å². The zero-order valence-corrected chi connectivity index (χ0v) is 8.45. The molecule has 1 rings (SSSR count). The van der Waals surface area contributed by atoms with Crippen molar-refractivity contribution in [1.82, 2.24) is 0 Å². The summed E-state index contributed by atoms with van der Waals surface area (Å²) in [7, 11) is -1.37. The molecular formula is C10H10O3S. The highest BCUT2D eigenvalue weighted by Crippen LogP contribution is 2.08. The molecule has 0 fully saturated rings. The molecule has 4 heteroatoms. The highest BCUT2D eigenvalue weighted by atomic mass is 32.2. The van der Waals surface area contributed by atoms with Gasteiger partial charge < -0.3 is 5.11 Å². The van der Waals surface area contributed by atoms with E-state index in [1.165, 1.54) is 0 Å². The second-order valence-electron chi connectivity index (χ2n) is 2.75. The molecule has 0 amide bonds. The maximum absolute atomic E-state index is 11.4. The fourth-order valence-electron chi connectivity index (χ4n) is 0.871. The minimum absolute atomic E-state index is 0.605. The van der Waals surface area contributed by atoms with Crippen LogP contribution in [0.5, 0.6) is 0 Å². The molecule has 0 saturated heterocycles. The monoisotopic (exact) mass is 210 g/mol. The van der Waals surface area contributed by atoms with Crippen molar-refractivity contribution >= 4 is 16.8 Å². The lowest BCUT2D eigenvalue weighted by molar-refractivity contribution is -0.131. The molecule has 14 heavy (non-hydrogen) atoms. The van der Waals surface area contributed by atoms with E-state index < -0.39 is 16.8 Å². The number of rotatable bonds is 3. The lowest BCUT2D eigenvalue weighted by Crippen LogP contribution is -1.90. The second-order valence-corrected chi connectivity index (χ2v) is 4.09. The molecule has 0 aliphatic carbocycles. The maximum atomic E-state index is 11.4. The van der Waals surface area contributed by atoms with Crippen molar-refractivity contribution < 1.29 is 14.1 Å². The molecule has 3 nitrogen and oxygen atoms in total. The third kappa shape index (κ3) is 3.14. The van der Waals surface area contributed by atoms with Crippen LogP contribution in [0, 0.1) is 6.92 Å². The molecule has 1 N–H and O–H groups in total. The fraction of sp³-hybridized carbons (Fsp3) is 0.100. The Kier molecular flexibility index (Phi) is 3.59. The van der Waals surface area contributed by atoms with E-state index in [1.54, 1.807) is 12.1 Å². The van der Waals surface area contributed by atoms with Crippen LogP contribution in [0.4, 0.5) is 0 Å². The van der Waals surface area contributed by atoms with E-state index in [-0.39, 0.29) is 0 Å². The van der Waals surface area contributed by atoms with E-state index in [0.29, 0.717) is 4.90 Å². The van der Waals surface area contributed by atoms with Gasteiger partial charge in [-0.2, -0.15) is 0 Å². The summed E-state index contributed by atoms with van der Waals surface area (Å²) in [5.41, 5.74) is 1.08. The number of aryl methyl sites for hydroxylation is 1. The van der Waals surface area contributed by atoms with Crippen LogP contribution in [0.3, 0.4) is 0 Å². The molecule has 1 atom stereocenters. The fourth-order valence-corrected chi connectivity index (χ4v) is 1.67. The maximum Gasteiger partial charge on any atom is 0.328 e. The first-order valence-corrected chi connectivity index (χ1v) is 5.19. The first-order valence-electron chi connectivity index (χ1n) is 3.98. The van der Waals surface area contributed by atoms with E-state index in [1.807, 2.05) is 19.1 Å². The molecule has 0 aromatic heterocycles. The van der Waals surface area contributed by atoms with Crippen molar-refractivity contribution in [3.05, 3.63) is 41.3 Å². The lowest BCUT2D eigenvalue weighted by Gasteiger charge is -1.96. The minimum atomic E-state index is -1.37. The standard InChI is InChI=1S/C10H10O3S/c1-8-2-4-9(5-3-8)14(13)7-6-10(11)12/h2-7H,1H3,(H,11,12)/b7-6-. The van der Waals surface area contributed by atoms with Gasteiger partial charge in [-0.3, -0.25) is 0 Å². The summed E-state index contributed by atoms with van der Waals surface area (Å²) in [5, 5.41) is 9.49. The van der Waals surface area contributed by atoms with Crippen LogP contribution >= 0.6 is 0 Å². The van der Waals surface area contributed by atoms with E-state index >= 15 is 0 Å². The molecule has 0 saturated carbocycles. The molecule has 0 heterocycles. The van der Waals surface area contributed by atoms with E-state index in [0.717, 1.165) is 17.0 Å². The van der Waals surface area contributed by atoms with Crippen molar-refractivity contribution in [3.63, 3.8) is 0 Å². The molecule has 1 aromatic rings. The topological polar surface area (TPSA) is 54.4 Å². The molecular weight excluding hydrogens is 200 g/mol. The number of hydrogen-bond acceptors (Lipinski definition) is 2. The lowest BCUT2D eigenvalue weighted by atomic mass is 10.2. The van der Waals surface area contributed by atoms with Crippen molar-refractivity contribution in [1.29, 1.82) is 0 Å². The Hall–Kier alpha value is -1.42. The Bertz CT molecular complexity index is 379. The van der Waals surface area contributed by atoms with Crippen molar-refractivity contribution in [2.45, 2.75) is 11.8 Å². The third-order valence-corrected chi connectivity index (χ3v) is 2.71. The van der Waals surface area contributed by atoms with Gasteiger partial charge >= 0.3 is 5.97 Å². The molecule has 0 bridgehead atoms. The van der Waals surface area contributed by atoms with Crippen LogP contribution in [0.15, 0.2) is 40.6 Å². The first kappa shape index (κ1) is 10.7. The number of carbonyl (C=O) groups is 1. The van der Waals surface area contributed by atoms with Crippen LogP contribution < -0.4 is 0 Å². The molecule has 0 spiro atoms. The quantitative estimate of drug-likeness (QED) is 0.772. The number of carboxylic acid groups (broad SMARTS) is 1. The zero-order chi connectivity index (χ0) is 10.6. The highest BCUT2D eigenvalue weighted by Gasteiger charge is 1.99. The van der Waals surface area contributed by atoms with Crippen LogP contribution in [-0.4, -0.2) is 15.3 Å². The number of carboxylic acids is 1. The normalized spacial score (nSPS) is 12.9. The summed E-state index contributed by atoms with van der Waals surface area (Å²) in [6.07, 6.45) is 0.885. The zero-order valence-electron chi connectivity index (χ0n) is 7.64. The number of aliphatic carboxylic acids is 1. The van der Waals surface area contributed by atoms with Gasteiger partial charge in [0.25, 0.3) is 0 Å². The van der Waals surface area contributed by atoms with Gasteiger partial charge in [-0.25, -0.2) is 9.00 Å². The van der Waals surface area contributed by atoms with Gasteiger partial charge in [0.1, 0.15) is 0 Å². The van der Waals surface area contributed by atoms with Gasteiger partial charge in [-0.1, -0.05) is 17.7 Å². The summed E-state index contributed by atoms with van der Waals surface area (Å²) in [6.45, 7) is 1.93. The Morgan fingerprint density at radius 3 is 2.43 bits per heavy atom. The molecule has 1 aromatic carbocycles. The number of hydrogen-bond donors (Lipinski definition) is 1. The Morgan fingerprint density at radius 2 is 1.93 bits per heavy atom. The summed E-state index contributed by atoms with van der Waals surface area (Å²) in [6, 6.07) is 7.11. The van der Waals surface area contributed by atoms with Gasteiger partial charge in [-0.05, 0) is 19.1 Å². The van der Waals surface area contributed by atoms with Crippen LogP contribution in [0.1, 0.15) is 5.56 Å². The second kappa shape index (κ2) is 4.72. The summed E-state index contributed by atoms with van der Waals surface area (Å²) in [4.78, 5) is 10.8. The first-order chi connectivity index (χ1) is 6.59. The van der Waals surface area contributed by atoms with Crippen LogP contribution in [0.2, 0.25) is 0 Å². The Morgan fingerprint density at radius 1 is 1.36 bits per heavy atom. The predicted molar refractivity (Wildman–Crippen MR) is 54.4 cm³/mol. The smallest absolute Gasteiger partial charge is 0.328 e. The Labute approximate surface area is 84.5 Å². The summed E-state index contributed by atoms with van der Waals surface area (Å²) < 4.78 is 11.4. The molecule has 0 aliphatic heterocycles. The molecule has 0 radical (unpaired) electrons. The van der Waals surface area contributed by atoms with Crippen LogP contribution in [0.25, 0.3) is 0 Å². The van der Waals surface area contributed by atoms with E-state index in [2.05, 4.69) is 0 Å². The van der Waals surface area contributed by atoms with Gasteiger partial charge in [0, 0.05) is 16.4 Å². The molecule has 1 unspecified atom stereocenters. The molecule has 74 valence electrons. The van der Waals surface area contributed by atoms with Crippen molar-refractivity contribution in [2.24, 2.45) is 0 Å². The largest absolute Gasteiger partial charge is 0.478 e. The average molecular weight is 210 g/mol. The summed E-state index contributed by atoms with van der Waals surface area (Å²) in [5.74, 6) is -1.09. The highest BCUT2D eigenvalue weighted by molar-refractivity contribution is 7.88. The number of benzene rings is 1. The predicted octanol–water partition coefficient (Wildman–Crippen LogP) is 1.70. The molecule has 0 aliphatic rings. The van der Waals surface area contributed by atoms with Crippen LogP contribution in [-0.2, 0) is 15.6 Å². The minimum Gasteiger partial charge on any atom is -0.478 e. The average Bonchev–Trinajstić information content (AvgIpc) is 2.15. The van der Waals surface area contributed by atoms with Crippen molar-refractivity contribution in [3.8, 4) is 0 Å². The van der Waals surface area contributed by atoms with Crippen molar-refractivity contribution in [2.75, 3.05) is 0 Å².